The maximum absolute atomic E-state index is 11.9. The largest absolute Gasteiger partial charge is 0.370 e. The minimum absolute atomic E-state index is 0.0357. The zero-order valence-corrected chi connectivity index (χ0v) is 16.2. The molecule has 1 N–H and O–H groups in total. The van der Waals surface area contributed by atoms with Gasteiger partial charge in [0.05, 0.1) is 17.4 Å². The van der Waals surface area contributed by atoms with Crippen molar-refractivity contribution in [1.82, 2.24) is 15.2 Å². The topological polar surface area (TPSA) is 54.5 Å². The number of nitrogens with zero attached hydrogens (tertiary/aromatic N) is 2. The van der Waals surface area contributed by atoms with Crippen LogP contribution in [-0.2, 0) is 16.1 Å². The summed E-state index contributed by atoms with van der Waals surface area (Å²) < 4.78 is 6.41. The number of pyridine rings is 1. The molecule has 26 heavy (non-hydrogen) atoms. The molecule has 2 saturated heterocycles. The van der Waals surface area contributed by atoms with Gasteiger partial charge in [-0.1, -0.05) is 19.9 Å². The third-order valence-corrected chi connectivity index (χ3v) is 5.69. The van der Waals surface area contributed by atoms with Gasteiger partial charge in [-0.15, -0.1) is 0 Å². The highest BCUT2D eigenvalue weighted by atomic mass is 16.5. The van der Waals surface area contributed by atoms with Crippen LogP contribution in [0.2, 0.25) is 0 Å². The number of likely N-dealkylation sites (tertiary alicyclic amines) is 1. The quantitative estimate of drug-likeness (QED) is 0.812. The summed E-state index contributed by atoms with van der Waals surface area (Å²) in [4.78, 5) is 18.8. The van der Waals surface area contributed by atoms with E-state index in [0.29, 0.717) is 18.9 Å². The van der Waals surface area contributed by atoms with Crippen LogP contribution in [0.25, 0.3) is 0 Å². The minimum Gasteiger partial charge on any atom is -0.370 e. The molecule has 1 amide bonds. The summed E-state index contributed by atoms with van der Waals surface area (Å²) in [6.45, 7) is 8.01. The number of nitrogens with one attached hydrogen (secondary N) is 1. The molecule has 2 aliphatic rings. The van der Waals surface area contributed by atoms with E-state index in [2.05, 4.69) is 35.1 Å². The molecule has 1 atom stereocenters. The van der Waals surface area contributed by atoms with E-state index < -0.39 is 0 Å². The Labute approximate surface area is 157 Å². The van der Waals surface area contributed by atoms with E-state index >= 15 is 0 Å². The Balaban J connectivity index is 1.38. The van der Waals surface area contributed by atoms with Crippen LogP contribution in [0, 0.1) is 5.92 Å². The molecule has 1 aromatic heterocycles. The summed E-state index contributed by atoms with van der Waals surface area (Å²) in [5.41, 5.74) is 1.17. The molecule has 5 heteroatoms. The second kappa shape index (κ2) is 8.96. The van der Waals surface area contributed by atoms with Gasteiger partial charge in [-0.2, -0.15) is 0 Å². The van der Waals surface area contributed by atoms with E-state index in [9.17, 15) is 4.79 Å². The van der Waals surface area contributed by atoms with Crippen LogP contribution >= 0.6 is 0 Å². The van der Waals surface area contributed by atoms with Gasteiger partial charge in [-0.05, 0) is 50.2 Å². The van der Waals surface area contributed by atoms with Crippen molar-refractivity contribution in [3.8, 4) is 0 Å². The Morgan fingerprint density at radius 3 is 2.85 bits per heavy atom. The van der Waals surface area contributed by atoms with Gasteiger partial charge in [0.2, 0.25) is 5.91 Å². The van der Waals surface area contributed by atoms with E-state index in [1.807, 2.05) is 18.3 Å². The first-order chi connectivity index (χ1) is 12.5. The zero-order valence-electron chi connectivity index (χ0n) is 16.2. The fourth-order valence-corrected chi connectivity index (χ4v) is 3.98. The van der Waals surface area contributed by atoms with E-state index in [1.54, 1.807) is 0 Å². The van der Waals surface area contributed by atoms with Gasteiger partial charge in [0.15, 0.2) is 0 Å². The number of ether oxygens (including phenoxy) is 1. The maximum Gasteiger partial charge on any atom is 0.220 e. The van der Waals surface area contributed by atoms with Gasteiger partial charge in [-0.3, -0.25) is 14.7 Å². The molecule has 1 spiro atoms. The van der Waals surface area contributed by atoms with Crippen molar-refractivity contribution in [3.05, 3.63) is 30.1 Å². The molecule has 2 aliphatic heterocycles. The van der Waals surface area contributed by atoms with E-state index in [4.69, 9.17) is 4.74 Å². The van der Waals surface area contributed by atoms with Crippen molar-refractivity contribution in [3.63, 3.8) is 0 Å². The molecule has 0 aliphatic carbocycles. The number of amides is 1. The van der Waals surface area contributed by atoms with Crippen LogP contribution < -0.4 is 5.32 Å². The summed E-state index contributed by atoms with van der Waals surface area (Å²) in [7, 11) is 0. The molecule has 0 saturated carbocycles. The van der Waals surface area contributed by atoms with Crippen molar-refractivity contribution in [1.29, 1.82) is 0 Å². The molecule has 1 aromatic rings. The molecular formula is C21H33N3O2. The molecule has 144 valence electrons. The second-order valence-corrected chi connectivity index (χ2v) is 8.30. The Morgan fingerprint density at radius 2 is 2.15 bits per heavy atom. The summed E-state index contributed by atoms with van der Waals surface area (Å²) in [6.07, 6.45) is 7.96. The molecule has 3 rings (SSSR count). The number of hydrogen-bond acceptors (Lipinski definition) is 4. The van der Waals surface area contributed by atoms with Crippen LogP contribution in [0.4, 0.5) is 0 Å². The fraction of sp³-hybridized carbons (Fsp3) is 0.714. The lowest BCUT2D eigenvalue weighted by Crippen LogP contribution is -2.45. The Bertz CT molecular complexity index is 568. The number of carbonyl (C=O) groups is 1. The van der Waals surface area contributed by atoms with Gasteiger partial charge < -0.3 is 10.1 Å². The molecule has 0 unspecified atom stereocenters. The average Bonchev–Trinajstić information content (AvgIpc) is 3.04. The lowest BCUT2D eigenvalue weighted by molar-refractivity contribution is -0.123. The molecule has 2 fully saturated rings. The highest BCUT2D eigenvalue weighted by Gasteiger charge is 2.42. The summed E-state index contributed by atoms with van der Waals surface area (Å²) in [5.74, 6) is 0.733. The molecule has 0 radical (unpaired) electrons. The number of aromatic nitrogens is 1. The van der Waals surface area contributed by atoms with Crippen molar-refractivity contribution in [2.45, 2.75) is 70.6 Å². The number of carbonyl (C=O) groups excluding carboxylic acids is 1. The monoisotopic (exact) mass is 359 g/mol. The predicted octanol–water partition coefficient (Wildman–Crippen LogP) is 3.15. The summed E-state index contributed by atoms with van der Waals surface area (Å²) in [6, 6.07) is 6.10. The molecule has 0 aromatic carbocycles. The lowest BCUT2D eigenvalue weighted by atomic mass is 9.88. The van der Waals surface area contributed by atoms with Gasteiger partial charge in [0.25, 0.3) is 0 Å². The number of rotatable bonds is 7. The van der Waals surface area contributed by atoms with Crippen molar-refractivity contribution < 1.29 is 9.53 Å². The van der Waals surface area contributed by atoms with Crippen molar-refractivity contribution in [2.24, 2.45) is 5.92 Å². The van der Waals surface area contributed by atoms with Crippen LogP contribution in [0.15, 0.2) is 24.4 Å². The molecule has 5 nitrogen and oxygen atoms in total. The maximum atomic E-state index is 11.9. The first kappa shape index (κ1) is 19.3. The van der Waals surface area contributed by atoms with Crippen molar-refractivity contribution in [2.75, 3.05) is 19.6 Å². The average molecular weight is 360 g/mol. The fourth-order valence-electron chi connectivity index (χ4n) is 3.98. The SMILES string of the molecule is CC(C)CCC(=O)NC[C@@H]1CCC2(CCN(Cc3ccccn3)CC2)O1. The zero-order chi connectivity index (χ0) is 18.4. The standard InChI is InChI=1S/C21H33N3O2/c1-17(2)6-7-20(25)23-15-19-8-9-21(26-19)10-13-24(14-11-21)16-18-5-3-4-12-22-18/h3-5,12,17,19H,6-11,13-16H2,1-2H3,(H,23,25)/t19-/m0/s1. The highest BCUT2D eigenvalue weighted by molar-refractivity contribution is 5.75. The Hall–Kier alpha value is -1.46. The smallest absolute Gasteiger partial charge is 0.220 e. The van der Waals surface area contributed by atoms with Crippen LogP contribution in [0.1, 0.15) is 58.1 Å². The normalized spacial score (nSPS) is 22.8. The van der Waals surface area contributed by atoms with E-state index in [-0.39, 0.29) is 17.6 Å². The minimum atomic E-state index is 0.0357. The predicted molar refractivity (Wildman–Crippen MR) is 103 cm³/mol. The third kappa shape index (κ3) is 5.52. The second-order valence-electron chi connectivity index (χ2n) is 8.30. The third-order valence-electron chi connectivity index (χ3n) is 5.69. The summed E-state index contributed by atoms with van der Waals surface area (Å²) in [5, 5.41) is 3.06. The molecule has 3 heterocycles. The first-order valence-corrected chi connectivity index (χ1v) is 10.1. The Kier molecular flexibility index (Phi) is 6.65. The van der Waals surface area contributed by atoms with Gasteiger partial charge in [0.1, 0.15) is 0 Å². The lowest BCUT2D eigenvalue weighted by Gasteiger charge is -2.39. The summed E-state index contributed by atoms with van der Waals surface area (Å²) >= 11 is 0. The van der Waals surface area contributed by atoms with Gasteiger partial charge in [0, 0.05) is 38.8 Å². The number of piperidine rings is 1. The van der Waals surface area contributed by atoms with Crippen LogP contribution in [-0.4, -0.2) is 47.1 Å². The number of hydrogen-bond donors (Lipinski definition) is 1. The Morgan fingerprint density at radius 1 is 1.35 bits per heavy atom. The van der Waals surface area contributed by atoms with Gasteiger partial charge >= 0.3 is 0 Å². The van der Waals surface area contributed by atoms with E-state index in [0.717, 1.165) is 57.4 Å². The van der Waals surface area contributed by atoms with Gasteiger partial charge in [-0.25, -0.2) is 0 Å². The van der Waals surface area contributed by atoms with Crippen LogP contribution in [0.3, 0.4) is 0 Å². The highest BCUT2D eigenvalue weighted by Crippen LogP contribution is 2.38. The van der Waals surface area contributed by atoms with Crippen LogP contribution in [0.5, 0.6) is 0 Å². The first-order valence-electron chi connectivity index (χ1n) is 10.1. The van der Waals surface area contributed by atoms with Crippen molar-refractivity contribution >= 4 is 5.91 Å². The van der Waals surface area contributed by atoms with E-state index in [1.165, 1.54) is 0 Å². The molecule has 0 bridgehead atoms. The molecular weight excluding hydrogens is 326 g/mol.